The third kappa shape index (κ3) is 3.03. The smallest absolute Gasteiger partial charge is 0.263 e. The van der Waals surface area contributed by atoms with Crippen LogP contribution in [-0.2, 0) is 4.79 Å². The molecule has 0 saturated heterocycles. The Hall–Kier alpha value is -3.33. The van der Waals surface area contributed by atoms with Gasteiger partial charge in [0.1, 0.15) is 6.33 Å². The van der Waals surface area contributed by atoms with E-state index in [4.69, 9.17) is 0 Å². The largest absolute Gasteiger partial charge is 0.393 e. The maximum atomic E-state index is 13.8. The Morgan fingerprint density at radius 2 is 1.69 bits per heavy atom. The van der Waals surface area contributed by atoms with E-state index < -0.39 is 6.04 Å². The SMILES string of the molecule is O=C1C(c2ncn[nH]2)N(C2CCC(O)CC2)c2nccnc2N1c1ccccc1. The van der Waals surface area contributed by atoms with Gasteiger partial charge in [0.25, 0.3) is 5.91 Å². The molecular weight excluding hydrogens is 370 g/mol. The van der Waals surface area contributed by atoms with Gasteiger partial charge in [-0.1, -0.05) is 18.2 Å². The Bertz CT molecular complexity index is 987. The molecule has 1 unspecified atom stereocenters. The van der Waals surface area contributed by atoms with Crippen molar-refractivity contribution >= 4 is 23.2 Å². The van der Waals surface area contributed by atoms with Gasteiger partial charge in [0.15, 0.2) is 23.5 Å². The Labute approximate surface area is 167 Å². The summed E-state index contributed by atoms with van der Waals surface area (Å²) in [6.45, 7) is 0. The minimum absolute atomic E-state index is 0.0471. The topological polar surface area (TPSA) is 111 Å². The molecule has 1 aromatic carbocycles. The van der Waals surface area contributed by atoms with E-state index in [9.17, 15) is 9.90 Å². The molecule has 148 valence electrons. The highest BCUT2D eigenvalue weighted by Gasteiger charge is 2.46. The molecule has 3 heterocycles. The quantitative estimate of drug-likeness (QED) is 0.703. The third-order valence-corrected chi connectivity index (χ3v) is 5.62. The van der Waals surface area contributed by atoms with Crippen molar-refractivity contribution in [3.05, 3.63) is 54.9 Å². The number of aromatic nitrogens is 5. The van der Waals surface area contributed by atoms with Crippen molar-refractivity contribution in [3.63, 3.8) is 0 Å². The average Bonchev–Trinajstić information content (AvgIpc) is 3.29. The molecule has 1 aliphatic heterocycles. The van der Waals surface area contributed by atoms with Crippen molar-refractivity contribution < 1.29 is 9.90 Å². The number of aliphatic hydroxyl groups is 1. The molecule has 2 N–H and O–H groups in total. The van der Waals surface area contributed by atoms with Gasteiger partial charge in [-0.2, -0.15) is 5.10 Å². The highest BCUT2D eigenvalue weighted by atomic mass is 16.3. The minimum atomic E-state index is -0.692. The monoisotopic (exact) mass is 391 g/mol. The van der Waals surface area contributed by atoms with E-state index in [0.29, 0.717) is 30.3 Å². The van der Waals surface area contributed by atoms with Crippen molar-refractivity contribution in [3.8, 4) is 0 Å². The van der Waals surface area contributed by atoms with Gasteiger partial charge < -0.3 is 10.0 Å². The van der Waals surface area contributed by atoms with E-state index in [1.807, 2.05) is 35.2 Å². The molecule has 0 radical (unpaired) electrons. The lowest BCUT2D eigenvalue weighted by Crippen LogP contribution is -2.52. The maximum absolute atomic E-state index is 13.8. The summed E-state index contributed by atoms with van der Waals surface area (Å²) in [7, 11) is 0. The Morgan fingerprint density at radius 1 is 0.966 bits per heavy atom. The van der Waals surface area contributed by atoms with Crippen molar-refractivity contribution in [2.24, 2.45) is 0 Å². The highest BCUT2D eigenvalue weighted by molar-refractivity contribution is 6.09. The summed E-state index contributed by atoms with van der Waals surface area (Å²) < 4.78 is 0. The number of hydrogen-bond acceptors (Lipinski definition) is 7. The highest BCUT2D eigenvalue weighted by Crippen LogP contribution is 2.44. The van der Waals surface area contributed by atoms with Gasteiger partial charge in [0.2, 0.25) is 0 Å². The predicted molar refractivity (Wildman–Crippen MR) is 105 cm³/mol. The fourth-order valence-corrected chi connectivity index (χ4v) is 4.27. The van der Waals surface area contributed by atoms with Crippen LogP contribution in [0.1, 0.15) is 37.5 Å². The second-order valence-corrected chi connectivity index (χ2v) is 7.36. The van der Waals surface area contributed by atoms with Crippen LogP contribution in [0.5, 0.6) is 0 Å². The van der Waals surface area contributed by atoms with Crippen LogP contribution in [0, 0.1) is 0 Å². The molecule has 9 nitrogen and oxygen atoms in total. The first-order valence-electron chi connectivity index (χ1n) is 9.75. The number of nitrogens with one attached hydrogen (secondary N) is 1. The molecule has 5 rings (SSSR count). The van der Waals surface area contributed by atoms with Gasteiger partial charge in [-0.25, -0.2) is 15.0 Å². The Kier molecular flexibility index (Phi) is 4.44. The van der Waals surface area contributed by atoms with Gasteiger partial charge in [-0.15, -0.1) is 0 Å². The summed E-state index contributed by atoms with van der Waals surface area (Å²) in [5.74, 6) is 1.45. The number of rotatable bonds is 3. The van der Waals surface area contributed by atoms with Gasteiger partial charge in [0.05, 0.1) is 11.8 Å². The van der Waals surface area contributed by atoms with Gasteiger partial charge in [0, 0.05) is 18.4 Å². The zero-order valence-electron chi connectivity index (χ0n) is 15.7. The predicted octanol–water partition coefficient (Wildman–Crippen LogP) is 2.12. The zero-order chi connectivity index (χ0) is 19.8. The number of amides is 1. The van der Waals surface area contributed by atoms with Gasteiger partial charge in [-0.05, 0) is 37.8 Å². The number of para-hydroxylation sites is 1. The minimum Gasteiger partial charge on any atom is -0.393 e. The fourth-order valence-electron chi connectivity index (χ4n) is 4.27. The molecule has 3 aromatic rings. The number of nitrogens with zero attached hydrogens (tertiary/aromatic N) is 6. The van der Waals surface area contributed by atoms with Crippen LogP contribution in [0.25, 0.3) is 0 Å². The molecule has 2 aromatic heterocycles. The molecule has 9 heteroatoms. The van der Waals surface area contributed by atoms with Crippen LogP contribution in [-0.4, -0.2) is 48.3 Å². The van der Waals surface area contributed by atoms with Crippen LogP contribution in [0.3, 0.4) is 0 Å². The standard InChI is InChI=1S/C20H21N7O2/c28-15-8-6-14(7-9-15)26-16(17-23-12-24-25-17)20(29)27(13-4-2-1-3-5-13)19-18(26)21-10-11-22-19/h1-5,10-12,14-16,28H,6-9H2,(H,23,24,25). The average molecular weight is 391 g/mol. The van der Waals surface area contributed by atoms with Crippen molar-refractivity contribution in [1.29, 1.82) is 0 Å². The molecule has 1 fully saturated rings. The zero-order valence-corrected chi connectivity index (χ0v) is 15.7. The van der Waals surface area contributed by atoms with E-state index in [0.717, 1.165) is 18.5 Å². The van der Waals surface area contributed by atoms with Gasteiger partial charge >= 0.3 is 0 Å². The van der Waals surface area contributed by atoms with Crippen molar-refractivity contribution in [2.75, 3.05) is 9.80 Å². The van der Waals surface area contributed by atoms with Crippen LogP contribution in [0.4, 0.5) is 17.3 Å². The summed E-state index contributed by atoms with van der Waals surface area (Å²) in [6, 6.07) is 8.78. The molecule has 0 bridgehead atoms. The van der Waals surface area contributed by atoms with E-state index in [1.54, 1.807) is 17.3 Å². The van der Waals surface area contributed by atoms with Crippen molar-refractivity contribution in [2.45, 2.75) is 43.9 Å². The molecule has 29 heavy (non-hydrogen) atoms. The Morgan fingerprint density at radius 3 is 2.38 bits per heavy atom. The molecule has 1 atom stereocenters. The van der Waals surface area contributed by atoms with Gasteiger partial charge in [-0.3, -0.25) is 14.8 Å². The summed E-state index contributed by atoms with van der Waals surface area (Å²) >= 11 is 0. The van der Waals surface area contributed by atoms with Crippen LogP contribution in [0.15, 0.2) is 49.1 Å². The lowest BCUT2D eigenvalue weighted by atomic mass is 9.90. The van der Waals surface area contributed by atoms with E-state index >= 15 is 0 Å². The first-order valence-corrected chi connectivity index (χ1v) is 9.75. The second kappa shape index (κ2) is 7.25. The molecule has 0 spiro atoms. The third-order valence-electron chi connectivity index (χ3n) is 5.62. The molecular formula is C20H21N7O2. The molecule has 1 aliphatic carbocycles. The van der Waals surface area contributed by atoms with E-state index in [1.165, 1.54) is 6.33 Å². The number of aliphatic hydroxyl groups excluding tert-OH is 1. The Balaban J connectivity index is 1.67. The molecule has 2 aliphatic rings. The van der Waals surface area contributed by atoms with Crippen LogP contribution in [0.2, 0.25) is 0 Å². The van der Waals surface area contributed by atoms with E-state index in [2.05, 4.69) is 25.1 Å². The number of H-pyrrole nitrogens is 1. The summed E-state index contributed by atoms with van der Waals surface area (Å²) in [5.41, 5.74) is 0.725. The summed E-state index contributed by atoms with van der Waals surface area (Å²) in [5, 5.41) is 16.8. The number of carbonyl (C=O) groups is 1. The second-order valence-electron chi connectivity index (χ2n) is 7.36. The number of benzene rings is 1. The number of fused-ring (bicyclic) bond motifs is 1. The fraction of sp³-hybridized carbons (Fsp3) is 0.350. The lowest BCUT2D eigenvalue weighted by Gasteiger charge is -2.45. The summed E-state index contributed by atoms with van der Waals surface area (Å²) in [6.07, 6.45) is 7.26. The normalized spacial score (nSPS) is 24.4. The number of anilines is 3. The first-order chi connectivity index (χ1) is 14.2. The van der Waals surface area contributed by atoms with E-state index in [-0.39, 0.29) is 18.1 Å². The van der Waals surface area contributed by atoms with Crippen molar-refractivity contribution in [1.82, 2.24) is 25.1 Å². The first kappa shape index (κ1) is 17.7. The summed E-state index contributed by atoms with van der Waals surface area (Å²) in [4.78, 5) is 30.8. The number of carbonyl (C=O) groups excluding carboxylic acids is 1. The van der Waals surface area contributed by atoms with Crippen LogP contribution < -0.4 is 9.80 Å². The van der Waals surface area contributed by atoms with Crippen LogP contribution >= 0.6 is 0 Å². The molecule has 1 saturated carbocycles. The maximum Gasteiger partial charge on any atom is 0.263 e. The molecule has 1 amide bonds. The number of aromatic amines is 1. The number of hydrogen-bond donors (Lipinski definition) is 2. The lowest BCUT2D eigenvalue weighted by molar-refractivity contribution is -0.120.